The highest BCUT2D eigenvalue weighted by molar-refractivity contribution is 8.03. The van der Waals surface area contributed by atoms with Crippen LogP contribution in [0.2, 0.25) is 0 Å². The number of carbonyl (C=O) groups excluding carboxylic acids is 2. The summed E-state index contributed by atoms with van der Waals surface area (Å²) in [5.74, 6) is 0.199. The number of thioether (sulfide) groups is 2. The van der Waals surface area contributed by atoms with E-state index < -0.39 is 0 Å². The third kappa shape index (κ3) is 4.83. The van der Waals surface area contributed by atoms with Crippen LogP contribution in [0.3, 0.4) is 0 Å². The maximum atomic E-state index is 11.4. The number of hydrogen-bond donors (Lipinski definition) is 2. The Labute approximate surface area is 116 Å². The Balaban J connectivity index is 1.71. The highest BCUT2D eigenvalue weighted by atomic mass is 32.2. The average Bonchev–Trinajstić information content (AvgIpc) is 3.01. The van der Waals surface area contributed by atoms with Crippen LogP contribution >= 0.6 is 34.9 Å². The summed E-state index contributed by atoms with van der Waals surface area (Å²) in [4.78, 5) is 22.0. The van der Waals surface area contributed by atoms with Crippen molar-refractivity contribution in [2.75, 3.05) is 11.5 Å². The van der Waals surface area contributed by atoms with E-state index in [4.69, 9.17) is 5.73 Å². The largest absolute Gasteiger partial charge is 0.369 e. The molecule has 1 aromatic rings. The molecule has 0 unspecified atom stereocenters. The van der Waals surface area contributed by atoms with Crippen molar-refractivity contribution >= 4 is 46.7 Å². The van der Waals surface area contributed by atoms with Crippen molar-refractivity contribution in [2.24, 2.45) is 5.73 Å². The molecule has 1 heterocycles. The van der Waals surface area contributed by atoms with E-state index in [1.54, 1.807) is 0 Å². The van der Waals surface area contributed by atoms with Gasteiger partial charge in [-0.05, 0) is 12.8 Å². The van der Waals surface area contributed by atoms with E-state index in [0.717, 1.165) is 17.2 Å². The van der Waals surface area contributed by atoms with E-state index in [0.29, 0.717) is 16.1 Å². The molecule has 0 aromatic carbocycles. The zero-order valence-corrected chi connectivity index (χ0v) is 11.9. The monoisotopic (exact) mass is 304 g/mol. The van der Waals surface area contributed by atoms with E-state index in [9.17, 15) is 9.59 Å². The van der Waals surface area contributed by atoms with Gasteiger partial charge >= 0.3 is 0 Å². The number of hydrogen-bond acceptors (Lipinski definition) is 7. The van der Waals surface area contributed by atoms with Gasteiger partial charge in [-0.3, -0.25) is 9.59 Å². The second kappa shape index (κ2) is 6.39. The number of rotatable bonds is 7. The van der Waals surface area contributed by atoms with E-state index in [-0.39, 0.29) is 17.6 Å². The van der Waals surface area contributed by atoms with Crippen LogP contribution in [0.4, 0.5) is 0 Å². The third-order valence-electron chi connectivity index (χ3n) is 2.00. The zero-order valence-electron chi connectivity index (χ0n) is 9.42. The summed E-state index contributed by atoms with van der Waals surface area (Å²) in [6.07, 6.45) is 2.17. The lowest BCUT2D eigenvalue weighted by molar-refractivity contribution is -0.118. The molecule has 1 aliphatic carbocycles. The van der Waals surface area contributed by atoms with Gasteiger partial charge in [0.25, 0.3) is 0 Å². The SMILES string of the molecule is NC(=O)CSc1nnc(SCC(=O)NC2CC2)s1. The van der Waals surface area contributed by atoms with Gasteiger partial charge in [-0.25, -0.2) is 0 Å². The van der Waals surface area contributed by atoms with Crippen molar-refractivity contribution in [2.45, 2.75) is 27.6 Å². The van der Waals surface area contributed by atoms with Crippen LogP contribution < -0.4 is 11.1 Å². The lowest BCUT2D eigenvalue weighted by Crippen LogP contribution is -2.26. The normalized spacial score (nSPS) is 14.4. The summed E-state index contributed by atoms with van der Waals surface area (Å²) in [6.45, 7) is 0. The molecular weight excluding hydrogens is 292 g/mol. The molecular formula is C9H12N4O2S3. The Hall–Kier alpha value is -0.800. The van der Waals surface area contributed by atoms with Crippen molar-refractivity contribution in [3.63, 3.8) is 0 Å². The Morgan fingerprint density at radius 2 is 1.89 bits per heavy atom. The minimum atomic E-state index is -0.381. The fourth-order valence-electron chi connectivity index (χ4n) is 1.07. The quantitative estimate of drug-likeness (QED) is 0.711. The van der Waals surface area contributed by atoms with E-state index in [1.807, 2.05) is 0 Å². The zero-order chi connectivity index (χ0) is 13.0. The second-order valence-electron chi connectivity index (χ2n) is 3.72. The van der Waals surface area contributed by atoms with Gasteiger partial charge in [-0.15, -0.1) is 10.2 Å². The number of aromatic nitrogens is 2. The first-order valence-corrected chi connectivity index (χ1v) is 8.09. The predicted octanol–water partition coefficient (Wildman–Crippen LogP) is 0.486. The number of primary amides is 1. The molecule has 3 N–H and O–H groups in total. The van der Waals surface area contributed by atoms with E-state index >= 15 is 0 Å². The maximum absolute atomic E-state index is 11.4. The van der Waals surface area contributed by atoms with Crippen molar-refractivity contribution < 1.29 is 9.59 Å². The number of carbonyl (C=O) groups is 2. The molecule has 98 valence electrons. The van der Waals surface area contributed by atoms with Crippen molar-refractivity contribution in [3.8, 4) is 0 Å². The Bertz CT molecular complexity index is 447. The Kier molecular flexibility index (Phi) is 4.84. The van der Waals surface area contributed by atoms with Crippen LogP contribution in [-0.4, -0.2) is 39.6 Å². The van der Waals surface area contributed by atoms with Gasteiger partial charge in [0, 0.05) is 6.04 Å². The van der Waals surface area contributed by atoms with E-state index in [2.05, 4.69) is 15.5 Å². The second-order valence-corrected chi connectivity index (χ2v) is 7.14. The molecule has 0 atom stereocenters. The third-order valence-corrected chi connectivity index (χ3v) is 5.21. The Morgan fingerprint density at radius 3 is 2.44 bits per heavy atom. The first-order valence-electron chi connectivity index (χ1n) is 5.30. The summed E-state index contributed by atoms with van der Waals surface area (Å²) in [7, 11) is 0. The van der Waals surface area contributed by atoms with Crippen molar-refractivity contribution in [3.05, 3.63) is 0 Å². The van der Waals surface area contributed by atoms with Gasteiger partial charge in [-0.1, -0.05) is 34.9 Å². The number of nitrogens with zero attached hydrogens (tertiary/aromatic N) is 2. The molecule has 9 heteroatoms. The van der Waals surface area contributed by atoms with Crippen LogP contribution in [0.5, 0.6) is 0 Å². The van der Waals surface area contributed by atoms with E-state index in [1.165, 1.54) is 34.9 Å². The lowest BCUT2D eigenvalue weighted by atomic mass is 10.6. The number of nitrogens with two attached hydrogens (primary N) is 1. The molecule has 2 amide bonds. The van der Waals surface area contributed by atoms with Crippen LogP contribution in [0.25, 0.3) is 0 Å². The van der Waals surface area contributed by atoms with Gasteiger partial charge in [0.2, 0.25) is 11.8 Å². The van der Waals surface area contributed by atoms with Crippen molar-refractivity contribution in [1.29, 1.82) is 0 Å². The summed E-state index contributed by atoms with van der Waals surface area (Å²) in [5.41, 5.74) is 5.04. The highest BCUT2D eigenvalue weighted by Gasteiger charge is 2.23. The molecule has 0 bridgehead atoms. The molecule has 6 nitrogen and oxygen atoms in total. The smallest absolute Gasteiger partial charge is 0.230 e. The summed E-state index contributed by atoms with van der Waals surface area (Å²) in [6, 6.07) is 0.384. The number of amides is 2. The first-order chi connectivity index (χ1) is 8.63. The van der Waals surface area contributed by atoms with Gasteiger partial charge in [0.15, 0.2) is 8.68 Å². The van der Waals surface area contributed by atoms with Crippen LogP contribution in [0.15, 0.2) is 8.68 Å². The predicted molar refractivity (Wildman–Crippen MR) is 71.7 cm³/mol. The van der Waals surface area contributed by atoms with Crippen LogP contribution in [0, 0.1) is 0 Å². The van der Waals surface area contributed by atoms with Gasteiger partial charge < -0.3 is 11.1 Å². The molecule has 0 aliphatic heterocycles. The first kappa shape index (κ1) is 13.6. The molecule has 1 aromatic heterocycles. The van der Waals surface area contributed by atoms with Gasteiger partial charge in [0.05, 0.1) is 11.5 Å². The molecule has 0 spiro atoms. The fraction of sp³-hybridized carbons (Fsp3) is 0.556. The maximum Gasteiger partial charge on any atom is 0.230 e. The highest BCUT2D eigenvalue weighted by Crippen LogP contribution is 2.28. The van der Waals surface area contributed by atoms with Crippen molar-refractivity contribution in [1.82, 2.24) is 15.5 Å². The molecule has 2 rings (SSSR count). The van der Waals surface area contributed by atoms with Gasteiger partial charge in [0.1, 0.15) is 0 Å². The minimum absolute atomic E-state index is 0.0315. The van der Waals surface area contributed by atoms with Crippen LogP contribution in [0.1, 0.15) is 12.8 Å². The van der Waals surface area contributed by atoms with Crippen LogP contribution in [-0.2, 0) is 9.59 Å². The van der Waals surface area contributed by atoms with Gasteiger partial charge in [-0.2, -0.15) is 0 Å². The molecule has 0 saturated heterocycles. The Morgan fingerprint density at radius 1 is 1.28 bits per heavy atom. The molecule has 18 heavy (non-hydrogen) atoms. The minimum Gasteiger partial charge on any atom is -0.369 e. The molecule has 0 radical (unpaired) electrons. The standard InChI is InChI=1S/C9H12N4O2S3/c10-6(14)3-16-8-12-13-9(18-8)17-4-7(15)11-5-1-2-5/h5H,1-4H2,(H2,10,14)(H,11,15). The summed E-state index contributed by atoms with van der Waals surface area (Å²) >= 11 is 3.98. The fourth-order valence-corrected chi connectivity index (χ4v) is 3.64. The summed E-state index contributed by atoms with van der Waals surface area (Å²) < 4.78 is 1.42. The average molecular weight is 304 g/mol. The molecule has 1 saturated carbocycles. The number of nitrogens with one attached hydrogen (secondary N) is 1. The molecule has 1 aliphatic rings. The summed E-state index contributed by atoms with van der Waals surface area (Å²) in [5, 5.41) is 10.8. The lowest BCUT2D eigenvalue weighted by Gasteiger charge is -1.99. The molecule has 1 fully saturated rings. The topological polar surface area (TPSA) is 98.0 Å².